The molecule has 0 radical (unpaired) electrons. The highest BCUT2D eigenvalue weighted by atomic mass is 16.2. The van der Waals surface area contributed by atoms with E-state index in [1.807, 2.05) is 4.90 Å². The molecule has 1 aromatic heterocycles. The van der Waals surface area contributed by atoms with Crippen molar-refractivity contribution >= 4 is 5.91 Å². The van der Waals surface area contributed by atoms with Crippen molar-refractivity contribution in [1.82, 2.24) is 9.88 Å². The van der Waals surface area contributed by atoms with Gasteiger partial charge in [0.05, 0.1) is 32.7 Å². The van der Waals surface area contributed by atoms with Gasteiger partial charge >= 0.3 is 0 Å². The van der Waals surface area contributed by atoms with Crippen LogP contribution >= 0.6 is 0 Å². The molecule has 4 nitrogen and oxygen atoms in total. The molecule has 2 heterocycles. The van der Waals surface area contributed by atoms with E-state index in [1.54, 1.807) is 29.4 Å². The Morgan fingerprint density at radius 3 is 2.59 bits per heavy atom. The Morgan fingerprint density at radius 2 is 2.00 bits per heavy atom. The van der Waals surface area contributed by atoms with Gasteiger partial charge in [0.2, 0.25) is 0 Å². The van der Waals surface area contributed by atoms with Crippen LogP contribution in [0.1, 0.15) is 23.7 Å². The molecule has 1 aliphatic heterocycles. The van der Waals surface area contributed by atoms with E-state index in [4.69, 9.17) is 0 Å². The summed E-state index contributed by atoms with van der Waals surface area (Å²) in [7, 11) is 0. The van der Waals surface area contributed by atoms with E-state index >= 15 is 0 Å². The fourth-order valence-electron chi connectivity index (χ4n) is 2.31. The first-order valence-corrected chi connectivity index (χ1v) is 6.34. The van der Waals surface area contributed by atoms with Gasteiger partial charge in [-0.3, -0.25) is 9.78 Å². The molecule has 4 heteroatoms. The smallest absolute Gasteiger partial charge is 0.254 e. The summed E-state index contributed by atoms with van der Waals surface area (Å²) < 4.78 is 0. The number of nitrogens with one attached hydrogen (secondary N) is 1. The van der Waals surface area contributed by atoms with Gasteiger partial charge in [-0.15, -0.1) is 0 Å². The number of pyridine rings is 1. The number of piperazine rings is 1. The van der Waals surface area contributed by atoms with Crippen LogP contribution in [-0.2, 0) is 0 Å². The zero-order chi connectivity index (χ0) is 12.1. The molecule has 0 spiro atoms. The van der Waals surface area contributed by atoms with Crippen molar-refractivity contribution in [1.29, 1.82) is 0 Å². The lowest BCUT2D eigenvalue weighted by atomic mass is 10.2. The van der Waals surface area contributed by atoms with E-state index in [-0.39, 0.29) is 5.91 Å². The molecular weight excluding hydrogens is 214 g/mol. The maximum atomic E-state index is 12.2. The van der Waals surface area contributed by atoms with Gasteiger partial charge in [-0.2, -0.15) is 0 Å². The average Bonchev–Trinajstić information content (AvgIpc) is 2.40. The van der Waals surface area contributed by atoms with Crippen LogP contribution in [-0.4, -0.2) is 48.5 Å². The van der Waals surface area contributed by atoms with Crippen molar-refractivity contribution in [3.63, 3.8) is 0 Å². The zero-order valence-corrected chi connectivity index (χ0v) is 10.4. The second-order valence-corrected chi connectivity index (χ2v) is 4.53. The van der Waals surface area contributed by atoms with Crippen molar-refractivity contribution in [2.45, 2.75) is 13.3 Å². The number of nitrogens with zero attached hydrogens (tertiary/aromatic N) is 2. The summed E-state index contributed by atoms with van der Waals surface area (Å²) in [4.78, 5) is 19.7. The molecule has 0 aromatic carbocycles. The first-order chi connectivity index (χ1) is 8.31. The van der Waals surface area contributed by atoms with Crippen LogP contribution in [0.15, 0.2) is 24.5 Å². The van der Waals surface area contributed by atoms with Crippen LogP contribution in [0.3, 0.4) is 0 Å². The van der Waals surface area contributed by atoms with Crippen LogP contribution in [0.5, 0.6) is 0 Å². The number of carbonyl (C=O) groups excluding carboxylic acids is 1. The summed E-state index contributed by atoms with van der Waals surface area (Å²) in [6.07, 6.45) is 4.56. The van der Waals surface area contributed by atoms with E-state index in [0.717, 1.165) is 31.7 Å². The van der Waals surface area contributed by atoms with E-state index in [9.17, 15) is 4.79 Å². The van der Waals surface area contributed by atoms with E-state index in [0.29, 0.717) is 0 Å². The standard InChI is InChI=1S/C13H19N3O/c1-2-7-15-8-10-16(11-9-15)13(17)12-3-5-14-6-4-12/h3-6H,2,7-11H2,1H3/p+1. The molecule has 1 fully saturated rings. The fraction of sp³-hybridized carbons (Fsp3) is 0.538. The monoisotopic (exact) mass is 234 g/mol. The third-order valence-corrected chi connectivity index (χ3v) is 3.29. The zero-order valence-electron chi connectivity index (χ0n) is 10.4. The van der Waals surface area contributed by atoms with E-state index in [1.165, 1.54) is 13.0 Å². The molecule has 0 aliphatic carbocycles. The topological polar surface area (TPSA) is 37.6 Å². The molecule has 2 rings (SSSR count). The van der Waals surface area contributed by atoms with Gasteiger partial charge in [-0.1, -0.05) is 6.92 Å². The van der Waals surface area contributed by atoms with Crippen LogP contribution in [0, 0.1) is 0 Å². The minimum Gasteiger partial charge on any atom is -0.332 e. The highest BCUT2D eigenvalue weighted by Crippen LogP contribution is 2.03. The Bertz CT molecular complexity index is 358. The highest BCUT2D eigenvalue weighted by Gasteiger charge is 2.23. The highest BCUT2D eigenvalue weighted by molar-refractivity contribution is 5.94. The summed E-state index contributed by atoms with van der Waals surface area (Å²) in [5.74, 6) is 0.142. The lowest BCUT2D eigenvalue weighted by Crippen LogP contribution is -3.14. The van der Waals surface area contributed by atoms with Gasteiger partial charge in [0.1, 0.15) is 0 Å². The predicted molar refractivity (Wildman–Crippen MR) is 66.0 cm³/mol. The average molecular weight is 234 g/mol. The Morgan fingerprint density at radius 1 is 1.35 bits per heavy atom. The number of hydrogen-bond acceptors (Lipinski definition) is 2. The van der Waals surface area contributed by atoms with Crippen molar-refractivity contribution in [2.24, 2.45) is 0 Å². The van der Waals surface area contributed by atoms with E-state index in [2.05, 4.69) is 11.9 Å². The van der Waals surface area contributed by atoms with Gasteiger partial charge < -0.3 is 9.80 Å². The molecule has 1 aliphatic rings. The van der Waals surface area contributed by atoms with Crippen molar-refractivity contribution in [3.05, 3.63) is 30.1 Å². The lowest BCUT2D eigenvalue weighted by Gasteiger charge is -2.32. The summed E-state index contributed by atoms with van der Waals surface area (Å²) in [6.45, 7) is 7.32. The third-order valence-electron chi connectivity index (χ3n) is 3.29. The minimum absolute atomic E-state index is 0.142. The van der Waals surface area contributed by atoms with Gasteiger partial charge in [-0.25, -0.2) is 0 Å². The van der Waals surface area contributed by atoms with Gasteiger partial charge in [0, 0.05) is 18.0 Å². The largest absolute Gasteiger partial charge is 0.332 e. The van der Waals surface area contributed by atoms with Crippen molar-refractivity contribution in [3.8, 4) is 0 Å². The Hall–Kier alpha value is -1.42. The fourth-order valence-corrected chi connectivity index (χ4v) is 2.31. The first kappa shape index (κ1) is 12.0. The Labute approximate surface area is 102 Å². The molecule has 1 amide bonds. The number of aromatic nitrogens is 1. The second kappa shape index (κ2) is 5.77. The number of hydrogen-bond donors (Lipinski definition) is 1. The first-order valence-electron chi connectivity index (χ1n) is 6.34. The van der Waals surface area contributed by atoms with Crippen LogP contribution in [0.2, 0.25) is 0 Å². The molecule has 92 valence electrons. The SMILES string of the molecule is CCC[NH+]1CCN(C(=O)c2ccncc2)CC1. The Balaban J connectivity index is 1.91. The van der Waals surface area contributed by atoms with E-state index < -0.39 is 0 Å². The van der Waals surface area contributed by atoms with Gasteiger partial charge in [0.15, 0.2) is 0 Å². The number of quaternary nitrogens is 1. The predicted octanol–water partition coefficient (Wildman–Crippen LogP) is -0.168. The molecule has 17 heavy (non-hydrogen) atoms. The maximum absolute atomic E-state index is 12.2. The van der Waals surface area contributed by atoms with Gasteiger partial charge in [-0.05, 0) is 18.6 Å². The summed E-state index contributed by atoms with van der Waals surface area (Å²) >= 11 is 0. The summed E-state index contributed by atoms with van der Waals surface area (Å²) in [5, 5.41) is 0. The summed E-state index contributed by atoms with van der Waals surface area (Å²) in [5.41, 5.74) is 0.749. The lowest BCUT2D eigenvalue weighted by molar-refractivity contribution is -0.904. The number of amides is 1. The quantitative estimate of drug-likeness (QED) is 0.788. The van der Waals surface area contributed by atoms with Gasteiger partial charge in [0.25, 0.3) is 5.91 Å². The third kappa shape index (κ3) is 3.03. The normalized spacial score (nSPS) is 17.1. The molecule has 1 N–H and O–H groups in total. The summed E-state index contributed by atoms with van der Waals surface area (Å²) in [6, 6.07) is 3.57. The molecule has 1 aromatic rings. The molecule has 0 unspecified atom stereocenters. The van der Waals surface area contributed by atoms with Crippen LogP contribution in [0.25, 0.3) is 0 Å². The molecule has 0 saturated carbocycles. The van der Waals surface area contributed by atoms with Crippen LogP contribution < -0.4 is 4.90 Å². The molecule has 0 bridgehead atoms. The Kier molecular flexibility index (Phi) is 4.09. The molecular formula is C13H20N3O+. The van der Waals surface area contributed by atoms with Crippen LogP contribution in [0.4, 0.5) is 0 Å². The minimum atomic E-state index is 0.142. The number of carbonyl (C=O) groups is 1. The molecule has 0 atom stereocenters. The van der Waals surface area contributed by atoms with Crippen molar-refractivity contribution in [2.75, 3.05) is 32.7 Å². The van der Waals surface area contributed by atoms with Crippen molar-refractivity contribution < 1.29 is 9.69 Å². The molecule has 1 saturated heterocycles. The second-order valence-electron chi connectivity index (χ2n) is 4.53. The number of rotatable bonds is 3. The maximum Gasteiger partial charge on any atom is 0.254 e.